The molecule has 0 bridgehead atoms. The first-order valence-corrected chi connectivity index (χ1v) is 9.48. The Hall–Kier alpha value is -2.61. The van der Waals surface area contributed by atoms with Crippen LogP contribution in [0.3, 0.4) is 0 Å². The highest BCUT2D eigenvalue weighted by molar-refractivity contribution is 7.09. The summed E-state index contributed by atoms with van der Waals surface area (Å²) in [5, 5.41) is 11.6. The van der Waals surface area contributed by atoms with E-state index in [0.29, 0.717) is 23.0 Å². The molecule has 1 aromatic carbocycles. The van der Waals surface area contributed by atoms with Crippen LogP contribution in [0, 0.1) is 12.8 Å². The SMILES string of the molecule is Cc1csc([C@H](NC(=O)Nc2ccc3c(c2)NC(=O)[C@@H](C)O3)C2CC2)n1. The lowest BCUT2D eigenvalue weighted by molar-refractivity contribution is -0.122. The number of aryl methyl sites for hydroxylation is 1. The molecule has 0 unspecified atom stereocenters. The Morgan fingerprint density at radius 1 is 1.42 bits per heavy atom. The van der Waals surface area contributed by atoms with Gasteiger partial charge in [0.25, 0.3) is 5.91 Å². The number of hydrogen-bond acceptors (Lipinski definition) is 5. The highest BCUT2D eigenvalue weighted by atomic mass is 32.1. The maximum absolute atomic E-state index is 12.5. The molecule has 8 heteroatoms. The van der Waals surface area contributed by atoms with Gasteiger partial charge in [0.2, 0.25) is 0 Å². The molecule has 2 aliphatic rings. The van der Waals surface area contributed by atoms with E-state index in [2.05, 4.69) is 20.9 Å². The number of nitrogens with one attached hydrogen (secondary N) is 3. The van der Waals surface area contributed by atoms with Crippen molar-refractivity contribution in [2.45, 2.75) is 38.8 Å². The lowest BCUT2D eigenvalue weighted by Crippen LogP contribution is -2.35. The number of benzene rings is 1. The van der Waals surface area contributed by atoms with Gasteiger partial charge in [0, 0.05) is 16.8 Å². The zero-order valence-corrected chi connectivity index (χ0v) is 15.4. The number of anilines is 2. The van der Waals surface area contributed by atoms with Crippen LogP contribution < -0.4 is 20.7 Å². The molecule has 136 valence electrons. The van der Waals surface area contributed by atoms with Crippen LogP contribution in [0.5, 0.6) is 5.75 Å². The lowest BCUT2D eigenvalue weighted by atomic mass is 10.2. The van der Waals surface area contributed by atoms with E-state index in [0.717, 1.165) is 23.5 Å². The number of fused-ring (bicyclic) bond motifs is 1. The Bertz CT molecular complexity index is 862. The molecule has 0 saturated heterocycles. The Kier molecular flexibility index (Phi) is 4.28. The van der Waals surface area contributed by atoms with Crippen molar-refractivity contribution >= 4 is 34.6 Å². The van der Waals surface area contributed by atoms with E-state index in [1.807, 2.05) is 12.3 Å². The average Bonchev–Trinajstić information content (AvgIpc) is 3.35. The number of ether oxygens (including phenoxy) is 1. The summed E-state index contributed by atoms with van der Waals surface area (Å²) in [5.41, 5.74) is 2.11. The second-order valence-corrected chi connectivity index (χ2v) is 7.59. The molecule has 3 N–H and O–H groups in total. The van der Waals surface area contributed by atoms with Crippen LogP contribution in [0.15, 0.2) is 23.6 Å². The number of thiazole rings is 1. The molecule has 1 aliphatic carbocycles. The number of hydrogen-bond donors (Lipinski definition) is 3. The van der Waals surface area contributed by atoms with Gasteiger partial charge in [0.05, 0.1) is 11.7 Å². The number of urea groups is 1. The molecule has 3 amide bonds. The zero-order chi connectivity index (χ0) is 18.3. The molecule has 0 spiro atoms. The second kappa shape index (κ2) is 6.60. The Labute approximate surface area is 155 Å². The molecule has 26 heavy (non-hydrogen) atoms. The summed E-state index contributed by atoms with van der Waals surface area (Å²) in [6.07, 6.45) is 1.68. The molecular formula is C18H20N4O3S. The predicted octanol–water partition coefficient (Wildman–Crippen LogP) is 3.44. The third-order valence-corrected chi connectivity index (χ3v) is 5.50. The molecule has 1 fully saturated rings. The second-order valence-electron chi connectivity index (χ2n) is 6.70. The summed E-state index contributed by atoms with van der Waals surface area (Å²) in [7, 11) is 0. The molecule has 7 nitrogen and oxygen atoms in total. The van der Waals surface area contributed by atoms with Crippen LogP contribution in [0.1, 0.15) is 36.5 Å². The number of aromatic nitrogens is 1. The molecule has 2 heterocycles. The molecule has 1 saturated carbocycles. The van der Waals surface area contributed by atoms with E-state index < -0.39 is 6.10 Å². The fraction of sp³-hybridized carbons (Fsp3) is 0.389. The van der Waals surface area contributed by atoms with Crippen molar-refractivity contribution in [1.29, 1.82) is 0 Å². The molecule has 2 aromatic rings. The van der Waals surface area contributed by atoms with Gasteiger partial charge in [-0.3, -0.25) is 4.79 Å². The van der Waals surface area contributed by atoms with E-state index in [-0.39, 0.29) is 18.0 Å². The molecule has 0 radical (unpaired) electrons. The Morgan fingerprint density at radius 2 is 2.23 bits per heavy atom. The minimum atomic E-state index is -0.523. The zero-order valence-electron chi connectivity index (χ0n) is 14.5. The van der Waals surface area contributed by atoms with Crippen molar-refractivity contribution in [3.8, 4) is 5.75 Å². The molecule has 1 aromatic heterocycles. The van der Waals surface area contributed by atoms with Crippen molar-refractivity contribution in [1.82, 2.24) is 10.3 Å². The Balaban J connectivity index is 1.44. The quantitative estimate of drug-likeness (QED) is 0.766. The maximum atomic E-state index is 12.5. The average molecular weight is 372 g/mol. The van der Waals surface area contributed by atoms with Gasteiger partial charge >= 0.3 is 6.03 Å². The van der Waals surface area contributed by atoms with Crippen LogP contribution in [-0.2, 0) is 4.79 Å². The van der Waals surface area contributed by atoms with E-state index >= 15 is 0 Å². The van der Waals surface area contributed by atoms with E-state index in [4.69, 9.17) is 4.74 Å². The van der Waals surface area contributed by atoms with Crippen molar-refractivity contribution in [2.24, 2.45) is 5.92 Å². The first kappa shape index (κ1) is 16.8. The van der Waals surface area contributed by atoms with Gasteiger partial charge < -0.3 is 20.7 Å². The summed E-state index contributed by atoms with van der Waals surface area (Å²) in [4.78, 5) is 28.7. The molecule has 2 atom stereocenters. The van der Waals surface area contributed by atoms with E-state index in [9.17, 15) is 9.59 Å². The maximum Gasteiger partial charge on any atom is 0.319 e. The van der Waals surface area contributed by atoms with Crippen LogP contribution in [0.25, 0.3) is 0 Å². The number of carbonyl (C=O) groups is 2. The van der Waals surface area contributed by atoms with E-state index in [1.165, 1.54) is 0 Å². The summed E-state index contributed by atoms with van der Waals surface area (Å²) in [5.74, 6) is 0.841. The van der Waals surface area contributed by atoms with Crippen LogP contribution >= 0.6 is 11.3 Å². The largest absolute Gasteiger partial charge is 0.479 e. The number of nitrogens with zero attached hydrogens (tertiary/aromatic N) is 1. The minimum Gasteiger partial charge on any atom is -0.479 e. The van der Waals surface area contributed by atoms with Gasteiger partial charge in [-0.1, -0.05) is 0 Å². The van der Waals surface area contributed by atoms with Gasteiger partial charge in [-0.05, 0) is 50.8 Å². The summed E-state index contributed by atoms with van der Waals surface area (Å²) < 4.78 is 5.52. The Morgan fingerprint density at radius 3 is 2.92 bits per heavy atom. The van der Waals surface area contributed by atoms with Gasteiger partial charge in [0.1, 0.15) is 10.8 Å². The smallest absolute Gasteiger partial charge is 0.319 e. The highest BCUT2D eigenvalue weighted by Gasteiger charge is 2.35. The molecule has 4 rings (SSSR count). The lowest BCUT2D eigenvalue weighted by Gasteiger charge is -2.24. The standard InChI is InChI=1S/C18H20N4O3S/c1-9-8-26-17(19-9)15(11-3-4-11)22-18(24)20-12-5-6-14-13(7-12)21-16(23)10(2)25-14/h5-8,10-11,15H,3-4H2,1-2H3,(H,21,23)(H2,20,22,24)/t10-,15-/m1/s1. The fourth-order valence-electron chi connectivity index (χ4n) is 2.92. The highest BCUT2D eigenvalue weighted by Crippen LogP contribution is 2.42. The molecular weight excluding hydrogens is 352 g/mol. The van der Waals surface area contributed by atoms with Crippen molar-refractivity contribution in [2.75, 3.05) is 10.6 Å². The summed E-state index contributed by atoms with van der Waals surface area (Å²) in [6.45, 7) is 3.64. The van der Waals surface area contributed by atoms with Crippen molar-refractivity contribution < 1.29 is 14.3 Å². The van der Waals surface area contributed by atoms with Gasteiger partial charge in [-0.15, -0.1) is 11.3 Å². The van der Waals surface area contributed by atoms with Crippen LogP contribution in [0.4, 0.5) is 16.2 Å². The first-order chi connectivity index (χ1) is 12.5. The predicted molar refractivity (Wildman–Crippen MR) is 99.6 cm³/mol. The summed E-state index contributed by atoms with van der Waals surface area (Å²) >= 11 is 1.58. The normalized spacial score (nSPS) is 19.8. The summed E-state index contributed by atoms with van der Waals surface area (Å²) in [6, 6.07) is 4.84. The third kappa shape index (κ3) is 3.50. The number of amides is 3. The van der Waals surface area contributed by atoms with Gasteiger partial charge in [-0.2, -0.15) is 0 Å². The monoisotopic (exact) mass is 372 g/mol. The topological polar surface area (TPSA) is 92.4 Å². The van der Waals surface area contributed by atoms with Gasteiger partial charge in [0.15, 0.2) is 6.10 Å². The number of rotatable bonds is 4. The first-order valence-electron chi connectivity index (χ1n) is 8.61. The van der Waals surface area contributed by atoms with Crippen molar-refractivity contribution in [3.05, 3.63) is 34.3 Å². The van der Waals surface area contributed by atoms with Crippen LogP contribution in [0.2, 0.25) is 0 Å². The van der Waals surface area contributed by atoms with Crippen LogP contribution in [-0.4, -0.2) is 23.0 Å². The van der Waals surface area contributed by atoms with Crippen molar-refractivity contribution in [3.63, 3.8) is 0 Å². The number of carbonyl (C=O) groups excluding carboxylic acids is 2. The minimum absolute atomic E-state index is 0.0600. The fourth-order valence-corrected chi connectivity index (χ4v) is 3.86. The van der Waals surface area contributed by atoms with Gasteiger partial charge in [-0.25, -0.2) is 9.78 Å². The van der Waals surface area contributed by atoms with E-state index in [1.54, 1.807) is 36.5 Å². The molecule has 1 aliphatic heterocycles. The third-order valence-electron chi connectivity index (χ3n) is 4.45.